The Hall–Kier alpha value is -3.06. The maximum absolute atomic E-state index is 12.4. The van der Waals surface area contributed by atoms with Crippen molar-refractivity contribution in [3.8, 4) is 11.5 Å². The van der Waals surface area contributed by atoms with Crippen molar-refractivity contribution in [3.63, 3.8) is 0 Å². The van der Waals surface area contributed by atoms with Gasteiger partial charge in [-0.15, -0.1) is 10.2 Å². The van der Waals surface area contributed by atoms with Crippen molar-refractivity contribution in [3.05, 3.63) is 17.7 Å². The van der Waals surface area contributed by atoms with Crippen LogP contribution in [0.1, 0.15) is 5.56 Å². The Balaban J connectivity index is 1.47. The van der Waals surface area contributed by atoms with Crippen LogP contribution in [0.5, 0.6) is 0 Å². The molecule has 3 heterocycles. The third-order valence-corrected chi connectivity index (χ3v) is 5.36. The molecule has 1 aromatic carbocycles. The zero-order chi connectivity index (χ0) is 19.0. The van der Waals surface area contributed by atoms with E-state index in [0.717, 1.165) is 22.8 Å². The Morgan fingerprint density at radius 3 is 2.96 bits per heavy atom. The number of aromatic nitrogens is 7. The van der Waals surface area contributed by atoms with E-state index in [-0.39, 0.29) is 17.5 Å². The Kier molecular flexibility index (Phi) is 4.45. The van der Waals surface area contributed by atoms with Crippen LogP contribution < -0.4 is 11.1 Å². The third kappa shape index (κ3) is 3.21. The minimum atomic E-state index is -0.184. The van der Waals surface area contributed by atoms with Gasteiger partial charge in [-0.1, -0.05) is 17.8 Å². The van der Waals surface area contributed by atoms with Crippen LogP contribution in [-0.2, 0) is 11.8 Å². The Bertz CT molecular complexity index is 1130. The van der Waals surface area contributed by atoms with E-state index in [1.165, 1.54) is 11.8 Å². The van der Waals surface area contributed by atoms with Crippen molar-refractivity contribution >= 4 is 51.9 Å². The number of carbonyl (C=O) groups is 1. The molecule has 0 unspecified atom stereocenters. The van der Waals surface area contributed by atoms with Gasteiger partial charge in [0.15, 0.2) is 22.5 Å². The van der Waals surface area contributed by atoms with Gasteiger partial charge in [0, 0.05) is 7.05 Å². The molecule has 0 radical (unpaired) electrons. The predicted molar refractivity (Wildman–Crippen MR) is 100 cm³/mol. The number of nitrogens with one attached hydrogen (secondary N) is 1. The summed E-state index contributed by atoms with van der Waals surface area (Å²) in [4.78, 5) is 12.4. The Morgan fingerprint density at radius 1 is 1.33 bits per heavy atom. The van der Waals surface area contributed by atoms with Crippen LogP contribution in [0.3, 0.4) is 0 Å². The molecule has 1 amide bonds. The van der Waals surface area contributed by atoms with E-state index in [0.29, 0.717) is 27.9 Å². The number of nitrogens with zero attached hydrogens (tertiary/aromatic N) is 7. The first-order chi connectivity index (χ1) is 13.0. The second kappa shape index (κ2) is 6.92. The van der Waals surface area contributed by atoms with Crippen LogP contribution in [-0.4, -0.2) is 45.5 Å². The van der Waals surface area contributed by atoms with Crippen LogP contribution in [0.25, 0.3) is 22.6 Å². The van der Waals surface area contributed by atoms with Gasteiger partial charge < -0.3 is 15.6 Å². The molecule has 0 fully saturated rings. The second-order valence-electron chi connectivity index (χ2n) is 5.59. The molecular formula is C14H13N9O2S2. The Morgan fingerprint density at radius 2 is 2.19 bits per heavy atom. The molecule has 3 N–H and O–H groups in total. The highest BCUT2D eigenvalue weighted by Gasteiger charge is 2.19. The van der Waals surface area contributed by atoms with Gasteiger partial charge in [-0.3, -0.25) is 4.79 Å². The van der Waals surface area contributed by atoms with Crippen LogP contribution >= 0.6 is 23.5 Å². The molecule has 4 rings (SSSR count). The normalized spacial score (nSPS) is 11.2. The number of hydrogen-bond donors (Lipinski definition) is 2. The van der Waals surface area contributed by atoms with E-state index in [1.54, 1.807) is 11.6 Å². The molecule has 27 heavy (non-hydrogen) atoms. The van der Waals surface area contributed by atoms with Crippen molar-refractivity contribution in [2.24, 2.45) is 7.05 Å². The lowest BCUT2D eigenvalue weighted by molar-refractivity contribution is -0.113. The Labute approximate surface area is 160 Å². The number of fused-ring (bicyclic) bond motifs is 1. The maximum Gasteiger partial charge on any atom is 0.234 e. The quantitative estimate of drug-likeness (QED) is 0.469. The van der Waals surface area contributed by atoms with E-state index in [9.17, 15) is 4.79 Å². The topological polar surface area (TPSA) is 151 Å². The largest absolute Gasteiger partial charge is 0.379 e. The SMILES string of the molecule is Cc1ccc2nsnc2c1NC(=O)CSc1nnc(-c2nonc2N)n1C. The first-order valence-electron chi connectivity index (χ1n) is 7.67. The molecule has 138 valence electrons. The van der Waals surface area contributed by atoms with E-state index in [4.69, 9.17) is 5.73 Å². The lowest BCUT2D eigenvalue weighted by Crippen LogP contribution is -2.15. The van der Waals surface area contributed by atoms with Gasteiger partial charge in [-0.2, -0.15) is 8.75 Å². The molecule has 11 nitrogen and oxygen atoms in total. The minimum Gasteiger partial charge on any atom is -0.379 e. The van der Waals surface area contributed by atoms with E-state index in [1.807, 2.05) is 19.1 Å². The number of amides is 1. The van der Waals surface area contributed by atoms with E-state index in [2.05, 4.69) is 39.2 Å². The summed E-state index contributed by atoms with van der Waals surface area (Å²) in [6.45, 7) is 1.91. The molecule has 4 aromatic rings. The first-order valence-corrected chi connectivity index (χ1v) is 9.38. The smallest absolute Gasteiger partial charge is 0.234 e. The molecule has 0 spiro atoms. The van der Waals surface area contributed by atoms with Gasteiger partial charge in [-0.25, -0.2) is 4.63 Å². The third-order valence-electron chi connectivity index (χ3n) is 3.79. The molecule has 0 saturated heterocycles. The van der Waals surface area contributed by atoms with E-state index < -0.39 is 0 Å². The first kappa shape index (κ1) is 17.4. The van der Waals surface area contributed by atoms with Crippen LogP contribution in [0.4, 0.5) is 11.5 Å². The van der Waals surface area contributed by atoms with Crippen molar-refractivity contribution in [1.82, 2.24) is 33.8 Å². The number of thioether (sulfide) groups is 1. The lowest BCUT2D eigenvalue weighted by Gasteiger charge is -2.08. The van der Waals surface area contributed by atoms with Crippen LogP contribution in [0.15, 0.2) is 21.9 Å². The number of aryl methyl sites for hydroxylation is 1. The van der Waals surface area contributed by atoms with Crippen molar-refractivity contribution < 1.29 is 9.42 Å². The highest BCUT2D eigenvalue weighted by molar-refractivity contribution is 7.99. The standard InChI is InChI=1S/C14H13N9O2S2/c1-6-3-4-7-10(22-27-21-7)9(6)16-8(24)5-26-14-18-17-13(23(14)2)11-12(15)20-25-19-11/h3-4H,5H2,1-2H3,(H2,15,20)(H,16,24). The average molecular weight is 403 g/mol. The summed E-state index contributed by atoms with van der Waals surface area (Å²) in [5, 5.41) is 18.8. The molecular weight excluding hydrogens is 390 g/mol. The number of nitrogens with two attached hydrogens (primary N) is 1. The molecule has 0 bridgehead atoms. The fourth-order valence-corrected chi connectivity index (χ4v) is 3.67. The number of benzene rings is 1. The van der Waals surface area contributed by atoms with Gasteiger partial charge in [-0.05, 0) is 28.9 Å². The average Bonchev–Trinajstić information content (AvgIpc) is 3.36. The maximum atomic E-state index is 12.4. The van der Waals surface area contributed by atoms with Gasteiger partial charge in [0.1, 0.15) is 11.0 Å². The number of anilines is 2. The summed E-state index contributed by atoms with van der Waals surface area (Å²) in [7, 11) is 1.75. The minimum absolute atomic E-state index is 0.125. The van der Waals surface area contributed by atoms with Gasteiger partial charge in [0.2, 0.25) is 5.91 Å². The fourth-order valence-electron chi connectivity index (χ4n) is 2.41. The summed E-state index contributed by atoms with van der Waals surface area (Å²) >= 11 is 2.35. The molecule has 0 aliphatic heterocycles. The summed E-state index contributed by atoms with van der Waals surface area (Å²) in [5.74, 6) is 0.494. The molecule has 0 aliphatic rings. The number of carbonyl (C=O) groups excluding carboxylic acids is 1. The van der Waals surface area contributed by atoms with Crippen LogP contribution in [0, 0.1) is 6.92 Å². The zero-order valence-corrected chi connectivity index (χ0v) is 15.8. The van der Waals surface area contributed by atoms with Crippen molar-refractivity contribution in [1.29, 1.82) is 0 Å². The predicted octanol–water partition coefficient (Wildman–Crippen LogP) is 1.49. The summed E-state index contributed by atoms with van der Waals surface area (Å²) in [5.41, 5.74) is 9.02. The van der Waals surface area contributed by atoms with E-state index >= 15 is 0 Å². The van der Waals surface area contributed by atoms with Crippen LogP contribution in [0.2, 0.25) is 0 Å². The highest BCUT2D eigenvalue weighted by atomic mass is 32.2. The number of rotatable bonds is 5. The molecule has 13 heteroatoms. The van der Waals surface area contributed by atoms with Gasteiger partial charge >= 0.3 is 0 Å². The number of hydrogen-bond acceptors (Lipinski definition) is 11. The van der Waals surface area contributed by atoms with Gasteiger partial charge in [0.05, 0.1) is 23.2 Å². The second-order valence-corrected chi connectivity index (χ2v) is 7.06. The summed E-state index contributed by atoms with van der Waals surface area (Å²) in [6.07, 6.45) is 0. The molecule has 0 saturated carbocycles. The summed E-state index contributed by atoms with van der Waals surface area (Å²) in [6, 6.07) is 3.78. The highest BCUT2D eigenvalue weighted by Crippen LogP contribution is 2.27. The molecule has 3 aromatic heterocycles. The van der Waals surface area contributed by atoms with Crippen molar-refractivity contribution in [2.45, 2.75) is 12.1 Å². The fraction of sp³-hybridized carbons (Fsp3) is 0.214. The monoisotopic (exact) mass is 403 g/mol. The lowest BCUT2D eigenvalue weighted by atomic mass is 10.1. The number of nitrogen functional groups attached to an aromatic ring is 1. The zero-order valence-electron chi connectivity index (χ0n) is 14.2. The van der Waals surface area contributed by atoms with Crippen molar-refractivity contribution in [2.75, 3.05) is 16.8 Å². The molecule has 0 atom stereocenters. The summed E-state index contributed by atoms with van der Waals surface area (Å²) < 4.78 is 14.7. The van der Waals surface area contributed by atoms with Gasteiger partial charge in [0.25, 0.3) is 0 Å². The molecule has 0 aliphatic carbocycles.